The highest BCUT2D eigenvalue weighted by Gasteiger charge is 2.24. The van der Waals surface area contributed by atoms with Crippen LogP contribution in [0.25, 0.3) is 0 Å². The van der Waals surface area contributed by atoms with Gasteiger partial charge in [-0.2, -0.15) is 5.10 Å². The monoisotopic (exact) mass is 315 g/mol. The van der Waals surface area contributed by atoms with E-state index >= 15 is 0 Å². The van der Waals surface area contributed by atoms with Crippen LogP contribution in [0.4, 0.5) is 10.6 Å². The van der Waals surface area contributed by atoms with Gasteiger partial charge in [0.25, 0.3) is 0 Å². The predicted molar refractivity (Wildman–Crippen MR) is 85.9 cm³/mol. The molecule has 3 rings (SSSR count). The molecule has 0 fully saturated rings. The van der Waals surface area contributed by atoms with Gasteiger partial charge >= 0.3 is 6.03 Å². The summed E-state index contributed by atoms with van der Waals surface area (Å²) in [7, 11) is 1.94. The van der Waals surface area contributed by atoms with E-state index in [4.69, 9.17) is 0 Å². The van der Waals surface area contributed by atoms with E-state index < -0.39 is 0 Å². The molecular weight excluding hydrogens is 294 g/mol. The van der Waals surface area contributed by atoms with Crippen LogP contribution in [0.1, 0.15) is 30.1 Å². The Bertz CT molecular complexity index is 655. The molecule has 3 N–H and O–H groups in total. The SMILES string of the molecule is Cn1ncc2c1CCC[C@@H]2NC(=O)NCCNc1cnccn1. The summed E-state index contributed by atoms with van der Waals surface area (Å²) in [5.74, 6) is 0.696. The van der Waals surface area contributed by atoms with Crippen molar-refractivity contribution in [3.05, 3.63) is 36.0 Å². The maximum Gasteiger partial charge on any atom is 0.315 e. The molecule has 0 bridgehead atoms. The zero-order chi connectivity index (χ0) is 16.1. The number of fused-ring (bicyclic) bond motifs is 1. The van der Waals surface area contributed by atoms with Crippen molar-refractivity contribution in [1.82, 2.24) is 30.4 Å². The van der Waals surface area contributed by atoms with Gasteiger partial charge in [-0.1, -0.05) is 0 Å². The first kappa shape index (κ1) is 15.3. The van der Waals surface area contributed by atoms with E-state index in [1.54, 1.807) is 18.6 Å². The second kappa shape index (κ2) is 7.08. The summed E-state index contributed by atoms with van der Waals surface area (Å²) in [5.41, 5.74) is 2.34. The van der Waals surface area contributed by atoms with E-state index in [1.165, 1.54) is 5.69 Å². The minimum Gasteiger partial charge on any atom is -0.367 e. The van der Waals surface area contributed by atoms with Crippen molar-refractivity contribution in [2.75, 3.05) is 18.4 Å². The second-order valence-electron chi connectivity index (χ2n) is 5.53. The van der Waals surface area contributed by atoms with Gasteiger partial charge in [0, 0.05) is 43.8 Å². The van der Waals surface area contributed by atoms with Crippen LogP contribution < -0.4 is 16.0 Å². The van der Waals surface area contributed by atoms with Crippen molar-refractivity contribution < 1.29 is 4.79 Å². The predicted octanol–water partition coefficient (Wildman–Crippen LogP) is 0.999. The molecule has 1 aliphatic carbocycles. The number of aromatic nitrogens is 4. The molecule has 8 nitrogen and oxygen atoms in total. The van der Waals surface area contributed by atoms with Crippen LogP contribution in [-0.4, -0.2) is 38.9 Å². The standard InChI is InChI=1S/C15H21N7O/c1-22-13-4-2-3-12(11(13)9-20-22)21-15(23)19-8-7-18-14-10-16-5-6-17-14/h5-6,9-10,12H,2-4,7-8H2,1H3,(H,17,18)(H2,19,21,23)/t12-/m0/s1. The van der Waals surface area contributed by atoms with E-state index in [0.717, 1.165) is 24.8 Å². The summed E-state index contributed by atoms with van der Waals surface area (Å²) in [6.07, 6.45) is 9.77. The summed E-state index contributed by atoms with van der Waals surface area (Å²) in [5, 5.41) is 13.3. The highest BCUT2D eigenvalue weighted by Crippen LogP contribution is 2.28. The van der Waals surface area contributed by atoms with Crippen LogP contribution >= 0.6 is 0 Å². The van der Waals surface area contributed by atoms with Crippen LogP contribution in [0.15, 0.2) is 24.8 Å². The molecule has 2 heterocycles. The zero-order valence-electron chi connectivity index (χ0n) is 13.1. The molecule has 1 atom stereocenters. The van der Waals surface area contributed by atoms with Crippen molar-refractivity contribution in [1.29, 1.82) is 0 Å². The molecule has 2 aromatic heterocycles. The first-order valence-corrected chi connectivity index (χ1v) is 7.79. The van der Waals surface area contributed by atoms with E-state index in [9.17, 15) is 4.79 Å². The summed E-state index contributed by atoms with van der Waals surface area (Å²) in [6.45, 7) is 1.10. The van der Waals surface area contributed by atoms with Gasteiger partial charge in [0.2, 0.25) is 0 Å². The van der Waals surface area contributed by atoms with Gasteiger partial charge in [-0.25, -0.2) is 9.78 Å². The number of hydrogen-bond acceptors (Lipinski definition) is 5. The Kier molecular flexibility index (Phi) is 4.70. The van der Waals surface area contributed by atoms with Crippen molar-refractivity contribution in [3.63, 3.8) is 0 Å². The number of nitrogens with zero attached hydrogens (tertiary/aromatic N) is 4. The van der Waals surface area contributed by atoms with E-state index in [2.05, 4.69) is 31.0 Å². The molecule has 8 heteroatoms. The Hall–Kier alpha value is -2.64. The number of hydrogen-bond donors (Lipinski definition) is 3. The van der Waals surface area contributed by atoms with Crippen molar-refractivity contribution in [2.24, 2.45) is 7.05 Å². The maximum absolute atomic E-state index is 12.0. The van der Waals surface area contributed by atoms with Crippen LogP contribution in [0.5, 0.6) is 0 Å². The average molecular weight is 315 g/mol. The second-order valence-corrected chi connectivity index (χ2v) is 5.53. The summed E-state index contributed by atoms with van der Waals surface area (Å²) in [6, 6.07) is -0.118. The first-order valence-electron chi connectivity index (χ1n) is 7.79. The number of aryl methyl sites for hydroxylation is 1. The molecule has 23 heavy (non-hydrogen) atoms. The molecule has 122 valence electrons. The largest absolute Gasteiger partial charge is 0.367 e. The van der Waals surface area contributed by atoms with Gasteiger partial charge in [-0.3, -0.25) is 9.67 Å². The Morgan fingerprint density at radius 1 is 1.35 bits per heavy atom. The lowest BCUT2D eigenvalue weighted by Gasteiger charge is -2.24. The first-order chi connectivity index (χ1) is 11.2. The fourth-order valence-electron chi connectivity index (χ4n) is 2.82. The Morgan fingerprint density at radius 2 is 2.26 bits per heavy atom. The van der Waals surface area contributed by atoms with Crippen molar-refractivity contribution in [3.8, 4) is 0 Å². The number of rotatable bonds is 5. The van der Waals surface area contributed by atoms with Gasteiger partial charge in [0.1, 0.15) is 5.82 Å². The van der Waals surface area contributed by atoms with Crippen LogP contribution in [0.3, 0.4) is 0 Å². The molecule has 0 unspecified atom stereocenters. The Morgan fingerprint density at radius 3 is 3.09 bits per heavy atom. The number of urea groups is 1. The van der Waals surface area contributed by atoms with E-state index in [1.807, 2.05) is 17.9 Å². The molecule has 2 aromatic rings. The molecule has 0 saturated carbocycles. The number of nitrogens with one attached hydrogen (secondary N) is 3. The zero-order valence-corrected chi connectivity index (χ0v) is 13.1. The van der Waals surface area contributed by atoms with E-state index in [-0.39, 0.29) is 12.1 Å². The highest BCUT2D eigenvalue weighted by molar-refractivity contribution is 5.74. The van der Waals surface area contributed by atoms with Crippen LogP contribution in [0, 0.1) is 0 Å². The van der Waals surface area contributed by atoms with E-state index in [0.29, 0.717) is 18.9 Å². The third-order valence-corrected chi connectivity index (χ3v) is 3.96. The molecule has 0 aromatic carbocycles. The summed E-state index contributed by atoms with van der Waals surface area (Å²) >= 11 is 0. The van der Waals surface area contributed by atoms with Gasteiger partial charge in [0.05, 0.1) is 18.4 Å². The smallest absolute Gasteiger partial charge is 0.315 e. The molecule has 0 aliphatic heterocycles. The molecule has 0 saturated heterocycles. The normalized spacial score (nSPS) is 16.5. The molecule has 0 radical (unpaired) electrons. The Balaban J connectivity index is 1.43. The number of carbonyl (C=O) groups excluding carboxylic acids is 1. The lowest BCUT2D eigenvalue weighted by atomic mass is 9.93. The third kappa shape index (κ3) is 3.77. The quantitative estimate of drug-likeness (QED) is 0.715. The summed E-state index contributed by atoms with van der Waals surface area (Å²) < 4.78 is 1.89. The third-order valence-electron chi connectivity index (χ3n) is 3.96. The lowest BCUT2D eigenvalue weighted by molar-refractivity contribution is 0.236. The lowest BCUT2D eigenvalue weighted by Crippen LogP contribution is -2.40. The maximum atomic E-state index is 12.0. The fraction of sp³-hybridized carbons (Fsp3) is 0.467. The number of carbonyl (C=O) groups is 1. The van der Waals surface area contributed by atoms with Crippen molar-refractivity contribution in [2.45, 2.75) is 25.3 Å². The van der Waals surface area contributed by atoms with Gasteiger partial charge < -0.3 is 16.0 Å². The van der Waals surface area contributed by atoms with Crippen LogP contribution in [0.2, 0.25) is 0 Å². The van der Waals surface area contributed by atoms with Crippen molar-refractivity contribution >= 4 is 11.8 Å². The number of amides is 2. The van der Waals surface area contributed by atoms with Gasteiger partial charge in [-0.05, 0) is 19.3 Å². The fourth-order valence-corrected chi connectivity index (χ4v) is 2.82. The topological polar surface area (TPSA) is 96.8 Å². The molecule has 0 spiro atoms. The molecule has 2 amide bonds. The summed E-state index contributed by atoms with van der Waals surface area (Å²) in [4.78, 5) is 20.1. The van der Waals surface area contributed by atoms with Gasteiger partial charge in [-0.15, -0.1) is 0 Å². The minimum atomic E-state index is -0.160. The highest BCUT2D eigenvalue weighted by atomic mass is 16.2. The average Bonchev–Trinajstić information content (AvgIpc) is 2.95. The molecular formula is C15H21N7O. The molecule has 1 aliphatic rings. The Labute approximate surface area is 134 Å². The van der Waals surface area contributed by atoms with Gasteiger partial charge in [0.15, 0.2) is 0 Å². The van der Waals surface area contributed by atoms with Crippen LogP contribution in [-0.2, 0) is 13.5 Å². The minimum absolute atomic E-state index is 0.0420. The number of anilines is 1.